The van der Waals surface area contributed by atoms with Crippen LogP contribution in [0.15, 0.2) is 53.7 Å². The molecule has 0 aliphatic carbocycles. The summed E-state index contributed by atoms with van der Waals surface area (Å²) in [7, 11) is 1.85. The van der Waals surface area contributed by atoms with Crippen LogP contribution in [0.1, 0.15) is 43.7 Å². The first-order valence-corrected chi connectivity index (χ1v) is 11.7. The predicted molar refractivity (Wildman–Crippen MR) is 144 cm³/mol. The first-order chi connectivity index (χ1) is 15.2. The van der Waals surface area contributed by atoms with Crippen LogP contribution in [-0.2, 0) is 13.1 Å². The van der Waals surface area contributed by atoms with Gasteiger partial charge >= 0.3 is 0 Å². The highest BCUT2D eigenvalue weighted by Gasteiger charge is 2.26. The Morgan fingerprint density at radius 3 is 2.59 bits per heavy atom. The molecule has 2 atom stereocenters. The fourth-order valence-corrected chi connectivity index (χ4v) is 4.67. The van der Waals surface area contributed by atoms with E-state index in [2.05, 4.69) is 79.8 Å². The van der Waals surface area contributed by atoms with Crippen LogP contribution >= 0.6 is 24.0 Å². The number of aromatic nitrogens is 1. The third kappa shape index (κ3) is 6.81. The third-order valence-corrected chi connectivity index (χ3v) is 6.51. The molecule has 4 rings (SSSR count). The summed E-state index contributed by atoms with van der Waals surface area (Å²) in [5.74, 6) is 1.98. The van der Waals surface area contributed by atoms with Gasteiger partial charge in [0.2, 0.25) is 0 Å². The molecule has 2 N–H and O–H groups in total. The van der Waals surface area contributed by atoms with Crippen LogP contribution in [0, 0.1) is 0 Å². The van der Waals surface area contributed by atoms with Gasteiger partial charge in [-0.1, -0.05) is 30.3 Å². The number of piperidine rings is 1. The normalized spacial score (nSPS) is 21.8. The number of hydrogen-bond acceptors (Lipinski definition) is 4. The molecule has 32 heavy (non-hydrogen) atoms. The summed E-state index contributed by atoms with van der Waals surface area (Å²) in [5.41, 5.74) is 2.63. The van der Waals surface area contributed by atoms with Crippen LogP contribution in [0.3, 0.4) is 0 Å². The summed E-state index contributed by atoms with van der Waals surface area (Å²) in [6, 6.07) is 16.1. The predicted octanol–water partition coefficient (Wildman–Crippen LogP) is 4.02. The van der Waals surface area contributed by atoms with Gasteiger partial charge in [0.15, 0.2) is 5.96 Å². The Morgan fingerprint density at radius 1 is 1.09 bits per heavy atom. The van der Waals surface area contributed by atoms with E-state index in [9.17, 15) is 0 Å². The van der Waals surface area contributed by atoms with E-state index in [1.54, 1.807) is 0 Å². The van der Waals surface area contributed by atoms with E-state index >= 15 is 0 Å². The van der Waals surface area contributed by atoms with Crippen molar-refractivity contribution in [2.75, 3.05) is 31.6 Å². The second kappa shape index (κ2) is 12.4. The molecule has 2 aliphatic heterocycles. The second-order valence-corrected chi connectivity index (χ2v) is 8.81. The molecule has 0 radical (unpaired) electrons. The van der Waals surface area contributed by atoms with Crippen LogP contribution in [-0.4, -0.2) is 54.6 Å². The molecule has 2 aromatic rings. The van der Waals surface area contributed by atoms with Crippen molar-refractivity contribution >= 4 is 35.8 Å². The highest BCUT2D eigenvalue weighted by atomic mass is 127. The van der Waals surface area contributed by atoms with Gasteiger partial charge in [-0.05, 0) is 55.9 Å². The van der Waals surface area contributed by atoms with Crippen LogP contribution in [0.4, 0.5) is 5.82 Å². The van der Waals surface area contributed by atoms with Gasteiger partial charge in [-0.2, -0.15) is 0 Å². The molecule has 3 heterocycles. The van der Waals surface area contributed by atoms with Gasteiger partial charge in [0.25, 0.3) is 0 Å². The zero-order valence-corrected chi connectivity index (χ0v) is 21.7. The molecule has 0 spiro atoms. The van der Waals surface area contributed by atoms with E-state index in [0.29, 0.717) is 12.1 Å². The van der Waals surface area contributed by atoms with Crippen molar-refractivity contribution in [3.05, 3.63) is 59.8 Å². The van der Waals surface area contributed by atoms with Crippen molar-refractivity contribution < 1.29 is 0 Å². The van der Waals surface area contributed by atoms with Gasteiger partial charge in [-0.3, -0.25) is 9.89 Å². The zero-order valence-electron chi connectivity index (χ0n) is 19.3. The van der Waals surface area contributed by atoms with Crippen molar-refractivity contribution in [2.45, 2.75) is 57.8 Å². The number of guanidine groups is 1. The van der Waals surface area contributed by atoms with Crippen LogP contribution in [0.2, 0.25) is 0 Å². The first kappa shape index (κ1) is 24.8. The fourth-order valence-electron chi connectivity index (χ4n) is 4.67. The maximum Gasteiger partial charge on any atom is 0.191 e. The SMILES string of the molecule is CN=C(NCc1ccnc(N2CCCC2)c1)NC1CCN(Cc2ccccc2)C(C)C1.I. The molecule has 1 aromatic carbocycles. The summed E-state index contributed by atoms with van der Waals surface area (Å²) in [4.78, 5) is 14.0. The van der Waals surface area contributed by atoms with Crippen LogP contribution in [0.5, 0.6) is 0 Å². The number of hydrogen-bond donors (Lipinski definition) is 2. The Balaban J connectivity index is 0.00000289. The molecule has 1 aromatic heterocycles. The minimum atomic E-state index is 0. The number of rotatable bonds is 6. The smallest absolute Gasteiger partial charge is 0.191 e. The van der Waals surface area contributed by atoms with Gasteiger partial charge in [-0.15, -0.1) is 24.0 Å². The number of benzene rings is 1. The molecule has 2 saturated heterocycles. The monoisotopic (exact) mass is 548 g/mol. The lowest BCUT2D eigenvalue weighted by atomic mass is 9.97. The van der Waals surface area contributed by atoms with E-state index < -0.39 is 0 Å². The summed E-state index contributed by atoms with van der Waals surface area (Å²) >= 11 is 0. The third-order valence-electron chi connectivity index (χ3n) is 6.51. The molecule has 0 bridgehead atoms. The van der Waals surface area contributed by atoms with Gasteiger partial charge < -0.3 is 15.5 Å². The highest BCUT2D eigenvalue weighted by Crippen LogP contribution is 2.20. The highest BCUT2D eigenvalue weighted by molar-refractivity contribution is 14.0. The molecule has 2 unspecified atom stereocenters. The maximum atomic E-state index is 4.56. The largest absolute Gasteiger partial charge is 0.357 e. The summed E-state index contributed by atoms with van der Waals surface area (Å²) in [6.07, 6.45) is 6.71. The lowest BCUT2D eigenvalue weighted by Gasteiger charge is -2.38. The topological polar surface area (TPSA) is 55.8 Å². The van der Waals surface area contributed by atoms with Crippen LogP contribution in [0.25, 0.3) is 0 Å². The standard InChI is InChI=1S/C25H36N6.HI/c1-20-16-23(11-15-31(20)19-21-8-4-3-5-9-21)29-25(26-2)28-18-22-10-12-27-24(17-22)30-13-6-7-14-30;/h3-5,8-10,12,17,20,23H,6-7,11,13-16,18-19H2,1-2H3,(H2,26,28,29);1H. The van der Waals surface area contributed by atoms with Crippen molar-refractivity contribution in [1.82, 2.24) is 20.5 Å². The summed E-state index contributed by atoms with van der Waals surface area (Å²) < 4.78 is 0. The number of aliphatic imine (C=N–C) groups is 1. The molecule has 2 aliphatic rings. The Morgan fingerprint density at radius 2 is 1.88 bits per heavy atom. The number of nitrogens with one attached hydrogen (secondary N) is 2. The average Bonchev–Trinajstić information content (AvgIpc) is 3.34. The first-order valence-electron chi connectivity index (χ1n) is 11.7. The van der Waals surface area contributed by atoms with E-state index in [4.69, 9.17) is 0 Å². The maximum absolute atomic E-state index is 4.56. The quantitative estimate of drug-likeness (QED) is 0.325. The number of halogens is 1. The molecule has 0 saturated carbocycles. The van der Waals surface area contributed by atoms with Gasteiger partial charge in [0.05, 0.1) is 0 Å². The van der Waals surface area contributed by atoms with E-state index in [0.717, 1.165) is 57.3 Å². The van der Waals surface area contributed by atoms with Gasteiger partial charge in [0.1, 0.15) is 5.82 Å². The lowest BCUT2D eigenvalue weighted by molar-refractivity contribution is 0.134. The number of anilines is 1. The minimum absolute atomic E-state index is 0. The Bertz CT molecular complexity index is 853. The Labute approximate surface area is 209 Å². The zero-order chi connectivity index (χ0) is 21.5. The molecule has 174 valence electrons. The van der Waals surface area contributed by atoms with Gasteiger partial charge in [0, 0.05) is 58.1 Å². The summed E-state index contributed by atoms with van der Waals surface area (Å²) in [5, 5.41) is 7.14. The summed E-state index contributed by atoms with van der Waals surface area (Å²) in [6.45, 7) is 7.47. The Hall–Kier alpha value is -1.87. The molecule has 7 heteroatoms. The average molecular weight is 549 g/mol. The van der Waals surface area contributed by atoms with Crippen molar-refractivity contribution in [3.8, 4) is 0 Å². The number of pyridine rings is 1. The number of nitrogens with zero attached hydrogens (tertiary/aromatic N) is 4. The molecular weight excluding hydrogens is 511 g/mol. The number of likely N-dealkylation sites (tertiary alicyclic amines) is 1. The molecular formula is C25H37IN6. The van der Waals surface area contributed by atoms with Crippen molar-refractivity contribution in [2.24, 2.45) is 4.99 Å². The van der Waals surface area contributed by atoms with Crippen molar-refractivity contribution in [1.29, 1.82) is 0 Å². The van der Waals surface area contributed by atoms with Gasteiger partial charge in [-0.25, -0.2) is 4.98 Å². The molecule has 0 amide bonds. The van der Waals surface area contributed by atoms with E-state index in [-0.39, 0.29) is 24.0 Å². The Kier molecular flexibility index (Phi) is 9.59. The van der Waals surface area contributed by atoms with Crippen LogP contribution < -0.4 is 15.5 Å². The molecule has 6 nitrogen and oxygen atoms in total. The fraction of sp³-hybridized carbons (Fsp3) is 0.520. The van der Waals surface area contributed by atoms with E-state index in [1.807, 2.05) is 13.2 Å². The minimum Gasteiger partial charge on any atom is -0.357 e. The van der Waals surface area contributed by atoms with E-state index in [1.165, 1.54) is 24.0 Å². The molecule has 2 fully saturated rings. The lowest BCUT2D eigenvalue weighted by Crippen LogP contribution is -2.51. The van der Waals surface area contributed by atoms with Crippen molar-refractivity contribution in [3.63, 3.8) is 0 Å². The second-order valence-electron chi connectivity index (χ2n) is 8.81.